The summed E-state index contributed by atoms with van der Waals surface area (Å²) in [6.45, 7) is 3.74. The molecular formula is C18H28N2O3. The maximum absolute atomic E-state index is 12.6. The number of rotatable bonds is 9. The highest BCUT2D eigenvalue weighted by Crippen LogP contribution is 2.08. The number of hydrogen-bond donors (Lipinski definition) is 0. The molecule has 0 spiro atoms. The molecule has 0 aliphatic heterocycles. The Morgan fingerprint density at radius 3 is 2.35 bits per heavy atom. The summed E-state index contributed by atoms with van der Waals surface area (Å²) < 4.78 is 4.77. The van der Waals surface area contributed by atoms with Crippen LogP contribution in [0.4, 0.5) is 0 Å². The van der Waals surface area contributed by atoms with Crippen molar-refractivity contribution >= 4 is 11.9 Å². The number of ether oxygens (including phenoxy) is 1. The summed E-state index contributed by atoms with van der Waals surface area (Å²) in [6.07, 6.45) is 1.23. The molecule has 0 fully saturated rings. The summed E-state index contributed by atoms with van der Waals surface area (Å²) in [5, 5.41) is 0. The van der Waals surface area contributed by atoms with E-state index in [2.05, 4.69) is 4.90 Å². The lowest BCUT2D eigenvalue weighted by Gasteiger charge is -2.26. The summed E-state index contributed by atoms with van der Waals surface area (Å²) in [5.41, 5.74) is 0.987. The lowest BCUT2D eigenvalue weighted by Crippen LogP contribution is -2.39. The Morgan fingerprint density at radius 1 is 1.13 bits per heavy atom. The molecule has 1 atom stereocenters. The summed E-state index contributed by atoms with van der Waals surface area (Å²) in [6, 6.07) is 9.67. The molecule has 0 bridgehead atoms. The van der Waals surface area contributed by atoms with Crippen LogP contribution in [0.25, 0.3) is 0 Å². The summed E-state index contributed by atoms with van der Waals surface area (Å²) in [7, 11) is 5.39. The second kappa shape index (κ2) is 10.0. The fraction of sp³-hybridized carbons (Fsp3) is 0.556. The van der Waals surface area contributed by atoms with Crippen LogP contribution in [0.15, 0.2) is 30.3 Å². The zero-order valence-electron chi connectivity index (χ0n) is 14.6. The minimum absolute atomic E-state index is 0.0470. The predicted octanol–water partition coefficient (Wildman–Crippen LogP) is 1.82. The molecule has 1 aromatic carbocycles. The summed E-state index contributed by atoms with van der Waals surface area (Å²) in [4.78, 5) is 28.1. The number of carbonyl (C=O) groups is 2. The first kappa shape index (κ1) is 19.2. The average molecular weight is 320 g/mol. The largest absolute Gasteiger partial charge is 0.469 e. The zero-order chi connectivity index (χ0) is 17.2. The highest BCUT2D eigenvalue weighted by atomic mass is 16.5. The normalized spacial score (nSPS) is 12.0. The molecule has 0 saturated heterocycles. The van der Waals surface area contributed by atoms with Gasteiger partial charge in [0, 0.05) is 13.1 Å². The highest BCUT2D eigenvalue weighted by Gasteiger charge is 2.21. The molecular weight excluding hydrogens is 292 g/mol. The Balaban J connectivity index is 2.68. The van der Waals surface area contributed by atoms with Crippen molar-refractivity contribution in [3.05, 3.63) is 35.9 Å². The van der Waals surface area contributed by atoms with Crippen LogP contribution < -0.4 is 0 Å². The van der Waals surface area contributed by atoms with Crippen LogP contribution in [0, 0.1) is 5.92 Å². The predicted molar refractivity (Wildman–Crippen MR) is 91.1 cm³/mol. The number of hydrogen-bond acceptors (Lipinski definition) is 4. The molecule has 23 heavy (non-hydrogen) atoms. The molecule has 0 aromatic heterocycles. The van der Waals surface area contributed by atoms with Crippen LogP contribution in [-0.4, -0.2) is 62.5 Å². The van der Waals surface area contributed by atoms with E-state index in [4.69, 9.17) is 4.74 Å². The second-order valence-corrected chi connectivity index (χ2v) is 6.08. The third-order valence-electron chi connectivity index (χ3n) is 3.68. The number of esters is 1. The lowest BCUT2D eigenvalue weighted by atomic mass is 10.1. The molecule has 0 radical (unpaired) electrons. The molecule has 5 nitrogen and oxygen atoms in total. The van der Waals surface area contributed by atoms with Gasteiger partial charge in [-0.1, -0.05) is 37.3 Å². The Hall–Kier alpha value is -1.88. The van der Waals surface area contributed by atoms with E-state index in [9.17, 15) is 9.59 Å². The maximum atomic E-state index is 12.6. The average Bonchev–Trinajstić information content (AvgIpc) is 2.53. The van der Waals surface area contributed by atoms with Gasteiger partial charge in [-0.3, -0.25) is 9.59 Å². The third kappa shape index (κ3) is 7.28. The van der Waals surface area contributed by atoms with Crippen molar-refractivity contribution in [1.82, 2.24) is 9.80 Å². The van der Waals surface area contributed by atoms with Gasteiger partial charge in [0.1, 0.15) is 0 Å². The minimum atomic E-state index is -0.320. The Labute approximate surface area is 139 Å². The Kier molecular flexibility index (Phi) is 8.33. The maximum Gasteiger partial charge on any atom is 0.310 e. The van der Waals surface area contributed by atoms with Crippen molar-refractivity contribution in [1.29, 1.82) is 0 Å². The fourth-order valence-electron chi connectivity index (χ4n) is 2.38. The van der Waals surface area contributed by atoms with Crippen LogP contribution >= 0.6 is 0 Å². The van der Waals surface area contributed by atoms with E-state index in [0.717, 1.165) is 18.5 Å². The summed E-state index contributed by atoms with van der Waals surface area (Å²) >= 11 is 0. The van der Waals surface area contributed by atoms with Crippen molar-refractivity contribution in [3.63, 3.8) is 0 Å². The highest BCUT2D eigenvalue weighted by molar-refractivity contribution is 5.80. The Bertz CT molecular complexity index is 488. The lowest BCUT2D eigenvalue weighted by molar-refractivity contribution is -0.146. The molecule has 0 heterocycles. The van der Waals surface area contributed by atoms with Gasteiger partial charge in [0.2, 0.25) is 5.91 Å². The van der Waals surface area contributed by atoms with Crippen molar-refractivity contribution < 1.29 is 14.3 Å². The quantitative estimate of drug-likeness (QED) is 0.651. The number of methoxy groups -OCH3 is 1. The first-order valence-electron chi connectivity index (χ1n) is 7.98. The van der Waals surface area contributed by atoms with E-state index < -0.39 is 0 Å². The van der Waals surface area contributed by atoms with Gasteiger partial charge in [-0.05, 0) is 32.6 Å². The van der Waals surface area contributed by atoms with E-state index in [1.54, 1.807) is 11.8 Å². The minimum Gasteiger partial charge on any atom is -0.469 e. The molecule has 1 rings (SSSR count). The van der Waals surface area contributed by atoms with Gasteiger partial charge >= 0.3 is 5.97 Å². The van der Waals surface area contributed by atoms with Crippen LogP contribution in [0.2, 0.25) is 0 Å². The van der Waals surface area contributed by atoms with Crippen molar-refractivity contribution in [3.8, 4) is 0 Å². The van der Waals surface area contributed by atoms with E-state index in [1.165, 1.54) is 7.11 Å². The summed E-state index contributed by atoms with van der Waals surface area (Å²) in [5.74, 6) is -0.556. The first-order chi connectivity index (χ1) is 10.9. The smallest absolute Gasteiger partial charge is 0.310 e. The molecule has 1 unspecified atom stereocenters. The van der Waals surface area contributed by atoms with Crippen LogP contribution in [0.3, 0.4) is 0 Å². The first-order valence-corrected chi connectivity index (χ1v) is 7.98. The number of amides is 1. The topological polar surface area (TPSA) is 49.9 Å². The molecule has 1 aromatic rings. The zero-order valence-corrected chi connectivity index (χ0v) is 14.6. The number of benzene rings is 1. The van der Waals surface area contributed by atoms with E-state index in [1.807, 2.05) is 44.4 Å². The molecule has 0 aliphatic carbocycles. The van der Waals surface area contributed by atoms with Crippen LogP contribution in [0.5, 0.6) is 0 Å². The van der Waals surface area contributed by atoms with Crippen molar-refractivity contribution in [2.45, 2.75) is 19.8 Å². The molecule has 1 amide bonds. The van der Waals surface area contributed by atoms with Crippen molar-refractivity contribution in [2.75, 3.05) is 40.8 Å². The van der Waals surface area contributed by atoms with E-state index in [-0.39, 0.29) is 17.8 Å². The van der Waals surface area contributed by atoms with Crippen LogP contribution in [-0.2, 0) is 20.7 Å². The molecule has 0 N–H and O–H groups in total. The van der Waals surface area contributed by atoms with Gasteiger partial charge in [-0.2, -0.15) is 0 Å². The van der Waals surface area contributed by atoms with Crippen molar-refractivity contribution in [2.24, 2.45) is 5.92 Å². The fourth-order valence-corrected chi connectivity index (χ4v) is 2.38. The van der Waals surface area contributed by atoms with Gasteiger partial charge in [0.05, 0.1) is 19.4 Å². The van der Waals surface area contributed by atoms with Gasteiger partial charge in [-0.15, -0.1) is 0 Å². The number of nitrogens with zero attached hydrogens (tertiary/aromatic N) is 2. The molecule has 0 aliphatic rings. The van der Waals surface area contributed by atoms with Gasteiger partial charge in [0.25, 0.3) is 0 Å². The third-order valence-corrected chi connectivity index (χ3v) is 3.68. The standard InChI is InChI=1S/C18H28N2O3/c1-15(18(22)23-4)14-20(12-8-11-19(2)3)17(21)13-16-9-6-5-7-10-16/h5-7,9-10,15H,8,11-14H2,1-4H3. The van der Waals surface area contributed by atoms with E-state index >= 15 is 0 Å². The molecule has 5 heteroatoms. The SMILES string of the molecule is COC(=O)C(C)CN(CCCN(C)C)C(=O)Cc1ccccc1. The second-order valence-electron chi connectivity index (χ2n) is 6.08. The van der Waals surface area contributed by atoms with E-state index in [0.29, 0.717) is 19.5 Å². The molecule has 0 saturated carbocycles. The van der Waals surface area contributed by atoms with Gasteiger partial charge in [-0.25, -0.2) is 0 Å². The van der Waals surface area contributed by atoms with Gasteiger partial charge in [0.15, 0.2) is 0 Å². The Morgan fingerprint density at radius 2 is 1.78 bits per heavy atom. The number of carbonyl (C=O) groups excluding carboxylic acids is 2. The monoisotopic (exact) mass is 320 g/mol. The van der Waals surface area contributed by atoms with Gasteiger partial charge < -0.3 is 14.5 Å². The van der Waals surface area contributed by atoms with Crippen LogP contribution in [0.1, 0.15) is 18.9 Å². The molecule has 128 valence electrons.